The molecule has 2 aromatic heterocycles. The zero-order valence-corrected chi connectivity index (χ0v) is 14.6. The molecule has 12 heteroatoms. The van der Waals surface area contributed by atoms with E-state index in [9.17, 15) is 14.9 Å². The largest absolute Gasteiger partial charge is 0.461 e. The highest BCUT2D eigenvalue weighted by molar-refractivity contribution is 5.82. The number of carbonyl (C=O) groups excluding carboxylic acids is 2. The van der Waals surface area contributed by atoms with E-state index in [1.807, 2.05) is 6.07 Å². The summed E-state index contributed by atoms with van der Waals surface area (Å²) >= 11 is 0. The second-order valence-electron chi connectivity index (χ2n) is 5.98. The van der Waals surface area contributed by atoms with E-state index in [0.29, 0.717) is 11.2 Å². The topological polar surface area (TPSA) is 181 Å². The minimum atomic E-state index is -1.68. The summed E-state index contributed by atoms with van der Waals surface area (Å²) in [6, 6.07) is 1.96. The highest BCUT2D eigenvalue weighted by atomic mass is 16.6. The number of esters is 2. The molecule has 0 radical (unpaired) electrons. The van der Waals surface area contributed by atoms with Crippen LogP contribution < -0.4 is 11.5 Å². The van der Waals surface area contributed by atoms with Crippen LogP contribution in [0.25, 0.3) is 11.2 Å². The number of imidazole rings is 1. The van der Waals surface area contributed by atoms with Gasteiger partial charge in [0.15, 0.2) is 17.6 Å². The summed E-state index contributed by atoms with van der Waals surface area (Å²) < 4.78 is 17.6. The van der Waals surface area contributed by atoms with Crippen LogP contribution in [-0.2, 0) is 23.8 Å². The van der Waals surface area contributed by atoms with Gasteiger partial charge in [-0.2, -0.15) is 15.2 Å². The molecule has 0 aromatic carbocycles. The van der Waals surface area contributed by atoms with Gasteiger partial charge in [-0.05, 0) is 0 Å². The molecule has 0 unspecified atom stereocenters. The zero-order chi connectivity index (χ0) is 19.8. The van der Waals surface area contributed by atoms with Crippen LogP contribution >= 0.6 is 0 Å². The molecule has 0 bridgehead atoms. The van der Waals surface area contributed by atoms with Gasteiger partial charge in [0.1, 0.15) is 24.4 Å². The average Bonchev–Trinajstić information content (AvgIpc) is 3.14. The van der Waals surface area contributed by atoms with Crippen molar-refractivity contribution in [2.45, 2.75) is 38.2 Å². The number of aromatic nitrogens is 4. The number of nitrogen functional groups attached to an aromatic ring is 2. The lowest BCUT2D eigenvalue weighted by Crippen LogP contribution is -2.45. The molecule has 0 aliphatic carbocycles. The predicted octanol–water partition coefficient (Wildman–Crippen LogP) is -0.333. The Hall–Kier alpha value is -3.46. The molecule has 2 aromatic rings. The fourth-order valence-electron chi connectivity index (χ4n) is 2.89. The summed E-state index contributed by atoms with van der Waals surface area (Å²) in [6.45, 7) is 2.01. The molecular weight excluding hydrogens is 358 g/mol. The normalized spacial score (nSPS) is 24.5. The summed E-state index contributed by atoms with van der Waals surface area (Å²) in [5, 5.41) is 9.68. The van der Waals surface area contributed by atoms with Crippen molar-refractivity contribution >= 4 is 34.9 Å². The molecule has 1 aliphatic rings. The smallest absolute Gasteiger partial charge is 0.303 e. The summed E-state index contributed by atoms with van der Waals surface area (Å²) in [6.07, 6.45) is -0.255. The first-order chi connectivity index (χ1) is 12.8. The number of hydrogen-bond acceptors (Lipinski definition) is 11. The van der Waals surface area contributed by atoms with Gasteiger partial charge in [-0.1, -0.05) is 0 Å². The summed E-state index contributed by atoms with van der Waals surface area (Å²) in [5.41, 5.74) is 10.4. The SMILES string of the molecule is CC(=O)OC[C@@]1(C#N)O[C@@H](n2cnc3c(N)nc(N)nc32)C[C@H]1OC(C)=O. The highest BCUT2D eigenvalue weighted by Crippen LogP contribution is 2.40. The quantitative estimate of drug-likeness (QED) is 0.667. The molecular formula is C15H17N7O5. The van der Waals surface area contributed by atoms with Crippen LogP contribution in [0.2, 0.25) is 0 Å². The van der Waals surface area contributed by atoms with Gasteiger partial charge in [-0.25, -0.2) is 4.98 Å². The third kappa shape index (κ3) is 3.32. The Morgan fingerprint density at radius 1 is 1.41 bits per heavy atom. The van der Waals surface area contributed by atoms with E-state index < -0.39 is 36.5 Å². The van der Waals surface area contributed by atoms with E-state index in [2.05, 4.69) is 15.0 Å². The molecule has 3 atom stereocenters. The van der Waals surface area contributed by atoms with E-state index in [4.69, 9.17) is 25.7 Å². The van der Waals surface area contributed by atoms with Gasteiger partial charge in [0.25, 0.3) is 0 Å². The third-order valence-corrected chi connectivity index (χ3v) is 4.05. The predicted molar refractivity (Wildman–Crippen MR) is 89.4 cm³/mol. The first kappa shape index (κ1) is 18.3. The zero-order valence-electron chi connectivity index (χ0n) is 14.6. The maximum Gasteiger partial charge on any atom is 0.303 e. The van der Waals surface area contributed by atoms with E-state index in [-0.39, 0.29) is 18.2 Å². The van der Waals surface area contributed by atoms with Gasteiger partial charge < -0.3 is 25.7 Å². The molecule has 142 valence electrons. The van der Waals surface area contributed by atoms with Gasteiger partial charge >= 0.3 is 11.9 Å². The van der Waals surface area contributed by atoms with Crippen molar-refractivity contribution < 1.29 is 23.8 Å². The van der Waals surface area contributed by atoms with Gasteiger partial charge in [0, 0.05) is 20.3 Å². The number of nitriles is 1. The number of carbonyl (C=O) groups is 2. The average molecular weight is 375 g/mol. The highest BCUT2D eigenvalue weighted by Gasteiger charge is 2.53. The molecule has 1 fully saturated rings. The second-order valence-corrected chi connectivity index (χ2v) is 5.98. The van der Waals surface area contributed by atoms with Crippen molar-refractivity contribution in [2.24, 2.45) is 0 Å². The second kappa shape index (κ2) is 6.69. The molecule has 27 heavy (non-hydrogen) atoms. The summed E-state index contributed by atoms with van der Waals surface area (Å²) in [4.78, 5) is 34.7. The monoisotopic (exact) mass is 375 g/mol. The Kier molecular flexibility index (Phi) is 4.54. The summed E-state index contributed by atoms with van der Waals surface area (Å²) in [7, 11) is 0. The van der Waals surface area contributed by atoms with E-state index in [1.54, 1.807) is 0 Å². The molecule has 1 saturated heterocycles. The fraction of sp³-hybridized carbons (Fsp3) is 0.467. The number of hydrogen-bond donors (Lipinski definition) is 2. The minimum absolute atomic E-state index is 0.0530. The lowest BCUT2D eigenvalue weighted by atomic mass is 9.99. The first-order valence-electron chi connectivity index (χ1n) is 7.91. The van der Waals surface area contributed by atoms with Crippen LogP contribution in [0.5, 0.6) is 0 Å². The van der Waals surface area contributed by atoms with E-state index in [0.717, 1.165) is 0 Å². The summed E-state index contributed by atoms with van der Waals surface area (Å²) in [5.74, 6) is -1.15. The maximum absolute atomic E-state index is 11.5. The maximum atomic E-state index is 11.5. The van der Waals surface area contributed by atoms with Crippen LogP contribution in [0.4, 0.5) is 11.8 Å². The molecule has 12 nitrogen and oxygen atoms in total. The Labute approximate surface area is 153 Å². The molecule has 0 amide bonds. The molecule has 0 saturated carbocycles. The van der Waals surface area contributed by atoms with Gasteiger partial charge in [-0.3, -0.25) is 14.2 Å². The van der Waals surface area contributed by atoms with Crippen LogP contribution in [0, 0.1) is 11.3 Å². The van der Waals surface area contributed by atoms with Crippen molar-refractivity contribution in [3.05, 3.63) is 6.33 Å². The van der Waals surface area contributed by atoms with Crippen molar-refractivity contribution in [3.8, 4) is 6.07 Å². The molecule has 4 N–H and O–H groups in total. The minimum Gasteiger partial charge on any atom is -0.461 e. The van der Waals surface area contributed by atoms with E-state index in [1.165, 1.54) is 24.7 Å². The van der Waals surface area contributed by atoms with Crippen LogP contribution in [0.3, 0.4) is 0 Å². The lowest BCUT2D eigenvalue weighted by molar-refractivity contribution is -0.164. The van der Waals surface area contributed by atoms with Crippen molar-refractivity contribution in [2.75, 3.05) is 18.1 Å². The fourth-order valence-corrected chi connectivity index (χ4v) is 2.89. The molecule has 3 heterocycles. The Morgan fingerprint density at radius 3 is 2.78 bits per heavy atom. The number of nitrogens with two attached hydrogens (primary N) is 2. The first-order valence-corrected chi connectivity index (χ1v) is 7.91. The van der Waals surface area contributed by atoms with E-state index >= 15 is 0 Å². The van der Waals surface area contributed by atoms with Crippen molar-refractivity contribution in [3.63, 3.8) is 0 Å². The lowest BCUT2D eigenvalue weighted by Gasteiger charge is -2.26. The standard InChI is InChI=1S/C15H17N7O5/c1-7(23)25-5-15(4-16)9(26-8(2)24)3-10(27-15)22-6-19-11-12(17)20-14(18)21-13(11)22/h6,9-10H,3,5H2,1-2H3,(H4,17,18,20,21)/t9-,10-,15-/m1/s1. The Morgan fingerprint density at radius 2 is 2.15 bits per heavy atom. The number of fused-ring (bicyclic) bond motifs is 1. The number of nitrogens with zero attached hydrogens (tertiary/aromatic N) is 5. The van der Waals surface area contributed by atoms with Crippen LogP contribution in [0.1, 0.15) is 26.5 Å². The molecule has 0 spiro atoms. The number of rotatable bonds is 4. The Bertz CT molecular complexity index is 952. The number of anilines is 2. The van der Waals surface area contributed by atoms with Gasteiger partial charge in [-0.15, -0.1) is 0 Å². The van der Waals surface area contributed by atoms with Crippen molar-refractivity contribution in [1.29, 1.82) is 5.26 Å². The molecule has 1 aliphatic heterocycles. The third-order valence-electron chi connectivity index (χ3n) is 4.05. The van der Waals surface area contributed by atoms with Crippen molar-refractivity contribution in [1.82, 2.24) is 19.5 Å². The van der Waals surface area contributed by atoms with Crippen LogP contribution in [0.15, 0.2) is 6.33 Å². The molecule has 3 rings (SSSR count). The van der Waals surface area contributed by atoms with Gasteiger partial charge in [0.2, 0.25) is 11.5 Å². The number of ether oxygens (including phenoxy) is 3. The Balaban J connectivity index is 1.99. The van der Waals surface area contributed by atoms with Crippen LogP contribution in [-0.4, -0.2) is 49.8 Å². The van der Waals surface area contributed by atoms with Gasteiger partial charge in [0.05, 0.1) is 6.33 Å².